The summed E-state index contributed by atoms with van der Waals surface area (Å²) in [5.74, 6) is 1.81. The van der Waals surface area contributed by atoms with Gasteiger partial charge in [0.25, 0.3) is 0 Å². The van der Waals surface area contributed by atoms with Crippen molar-refractivity contribution in [2.45, 2.75) is 96.2 Å². The van der Waals surface area contributed by atoms with E-state index in [0.29, 0.717) is 6.04 Å². The van der Waals surface area contributed by atoms with Crippen LogP contribution in [0.1, 0.15) is 78.1 Å². The summed E-state index contributed by atoms with van der Waals surface area (Å²) in [6.45, 7) is 4.62. The Morgan fingerprint density at radius 2 is 1.60 bits per heavy atom. The smallest absolute Gasteiger partial charge is 0.0695 e. The van der Waals surface area contributed by atoms with Gasteiger partial charge < -0.3 is 5.11 Å². The molecule has 2 saturated carbocycles. The zero-order valence-electron chi connectivity index (χ0n) is 13.9. The number of hydrogen-bond donors (Lipinski definition) is 1. The van der Waals surface area contributed by atoms with Crippen molar-refractivity contribution >= 4 is 0 Å². The maximum Gasteiger partial charge on any atom is 0.0695 e. The molecular formula is C18H35NO. The van der Waals surface area contributed by atoms with Crippen LogP contribution < -0.4 is 0 Å². The van der Waals surface area contributed by atoms with Crippen molar-refractivity contribution in [3.05, 3.63) is 0 Å². The first-order valence-corrected chi connectivity index (χ1v) is 9.05. The van der Waals surface area contributed by atoms with E-state index >= 15 is 0 Å². The van der Waals surface area contributed by atoms with E-state index in [0.717, 1.165) is 24.3 Å². The number of aliphatic hydroxyl groups is 1. The standard InChI is InChI=1S/C18H35NO/c1-4-6-15-9-12-18(20)17(13-15)19(3)16-10-7-14(5-2)8-11-16/h14-18,20H,4-13H2,1-3H3. The lowest BCUT2D eigenvalue weighted by Gasteiger charge is -2.44. The zero-order valence-corrected chi connectivity index (χ0v) is 13.9. The molecule has 2 nitrogen and oxygen atoms in total. The predicted molar refractivity (Wildman–Crippen MR) is 85.8 cm³/mol. The lowest BCUT2D eigenvalue weighted by molar-refractivity contribution is -0.0141. The Bertz CT molecular complexity index is 273. The van der Waals surface area contributed by atoms with Gasteiger partial charge in [-0.05, 0) is 63.8 Å². The average molecular weight is 281 g/mol. The molecular weight excluding hydrogens is 246 g/mol. The van der Waals surface area contributed by atoms with Gasteiger partial charge in [-0.25, -0.2) is 0 Å². The topological polar surface area (TPSA) is 23.5 Å². The molecule has 1 N–H and O–H groups in total. The van der Waals surface area contributed by atoms with Crippen LogP contribution in [0.25, 0.3) is 0 Å². The van der Waals surface area contributed by atoms with Gasteiger partial charge in [0.05, 0.1) is 6.10 Å². The van der Waals surface area contributed by atoms with Crippen LogP contribution in [0, 0.1) is 11.8 Å². The number of aliphatic hydroxyl groups excluding tert-OH is 1. The van der Waals surface area contributed by atoms with Gasteiger partial charge in [0.15, 0.2) is 0 Å². The summed E-state index contributed by atoms with van der Waals surface area (Å²) in [7, 11) is 2.28. The highest BCUT2D eigenvalue weighted by atomic mass is 16.3. The molecule has 0 aliphatic heterocycles. The van der Waals surface area contributed by atoms with Crippen LogP contribution in [0.5, 0.6) is 0 Å². The first kappa shape index (κ1) is 16.3. The van der Waals surface area contributed by atoms with Crippen LogP contribution >= 0.6 is 0 Å². The molecule has 0 heterocycles. The van der Waals surface area contributed by atoms with E-state index in [4.69, 9.17) is 0 Å². The van der Waals surface area contributed by atoms with Crippen molar-refractivity contribution in [2.24, 2.45) is 11.8 Å². The Balaban J connectivity index is 1.88. The first-order chi connectivity index (χ1) is 9.65. The minimum atomic E-state index is -0.0861. The second kappa shape index (κ2) is 7.79. The number of rotatable bonds is 5. The summed E-state index contributed by atoms with van der Waals surface area (Å²) in [6.07, 6.45) is 12.9. The minimum Gasteiger partial charge on any atom is -0.391 e. The fourth-order valence-corrected chi connectivity index (χ4v) is 4.55. The fourth-order valence-electron chi connectivity index (χ4n) is 4.55. The van der Waals surface area contributed by atoms with Gasteiger partial charge >= 0.3 is 0 Å². The molecule has 2 rings (SSSR count). The molecule has 3 atom stereocenters. The molecule has 3 unspecified atom stereocenters. The van der Waals surface area contributed by atoms with E-state index in [9.17, 15) is 5.11 Å². The van der Waals surface area contributed by atoms with Crippen molar-refractivity contribution in [2.75, 3.05) is 7.05 Å². The SMILES string of the molecule is CCCC1CCC(O)C(N(C)C2CCC(CC)CC2)C1. The van der Waals surface area contributed by atoms with Gasteiger partial charge in [-0.15, -0.1) is 0 Å². The first-order valence-electron chi connectivity index (χ1n) is 9.05. The lowest BCUT2D eigenvalue weighted by atomic mass is 9.78. The van der Waals surface area contributed by atoms with Crippen molar-refractivity contribution in [3.63, 3.8) is 0 Å². The number of hydrogen-bond acceptors (Lipinski definition) is 2. The van der Waals surface area contributed by atoms with Gasteiger partial charge in [0, 0.05) is 12.1 Å². The van der Waals surface area contributed by atoms with Crippen molar-refractivity contribution < 1.29 is 5.11 Å². The predicted octanol–water partition coefficient (Wildman–Crippen LogP) is 4.22. The van der Waals surface area contributed by atoms with E-state index in [2.05, 4.69) is 25.8 Å². The molecule has 0 amide bonds. The van der Waals surface area contributed by atoms with Gasteiger partial charge in [-0.3, -0.25) is 4.90 Å². The lowest BCUT2D eigenvalue weighted by Crippen LogP contribution is -2.50. The van der Waals surface area contributed by atoms with E-state index in [1.807, 2.05) is 0 Å². The monoisotopic (exact) mass is 281 g/mol. The Labute approximate surface area is 125 Å². The molecule has 0 spiro atoms. The second-order valence-electron chi connectivity index (χ2n) is 7.35. The molecule has 2 aliphatic carbocycles. The Kier molecular flexibility index (Phi) is 6.35. The normalized spacial score (nSPS) is 39.1. The summed E-state index contributed by atoms with van der Waals surface area (Å²) in [5.41, 5.74) is 0. The number of likely N-dealkylation sites (N-methyl/N-ethyl adjacent to an activating group) is 1. The molecule has 0 aromatic rings. The molecule has 2 heteroatoms. The highest BCUT2D eigenvalue weighted by Crippen LogP contribution is 2.35. The maximum absolute atomic E-state index is 10.4. The molecule has 0 bridgehead atoms. The third-order valence-corrected chi connectivity index (χ3v) is 6.08. The van der Waals surface area contributed by atoms with Crippen LogP contribution in [-0.2, 0) is 0 Å². The molecule has 2 fully saturated rings. The van der Waals surface area contributed by atoms with Crippen molar-refractivity contribution in [3.8, 4) is 0 Å². The van der Waals surface area contributed by atoms with E-state index < -0.39 is 0 Å². The zero-order chi connectivity index (χ0) is 14.5. The van der Waals surface area contributed by atoms with Crippen molar-refractivity contribution in [1.29, 1.82) is 0 Å². The molecule has 0 radical (unpaired) electrons. The summed E-state index contributed by atoms with van der Waals surface area (Å²) in [5, 5.41) is 10.4. The third kappa shape index (κ3) is 3.98. The van der Waals surface area contributed by atoms with Crippen LogP contribution in [0.2, 0.25) is 0 Å². The summed E-state index contributed by atoms with van der Waals surface area (Å²) in [4.78, 5) is 2.55. The van der Waals surface area contributed by atoms with E-state index in [1.54, 1.807) is 0 Å². The van der Waals surface area contributed by atoms with E-state index in [1.165, 1.54) is 57.8 Å². The Hall–Kier alpha value is -0.0800. The number of nitrogens with zero attached hydrogens (tertiary/aromatic N) is 1. The second-order valence-corrected chi connectivity index (χ2v) is 7.35. The molecule has 118 valence electrons. The molecule has 0 aromatic carbocycles. The molecule has 0 saturated heterocycles. The minimum absolute atomic E-state index is 0.0861. The van der Waals surface area contributed by atoms with Gasteiger partial charge in [0.1, 0.15) is 0 Å². The summed E-state index contributed by atoms with van der Waals surface area (Å²) in [6, 6.07) is 1.14. The van der Waals surface area contributed by atoms with Crippen LogP contribution in [0.4, 0.5) is 0 Å². The quantitative estimate of drug-likeness (QED) is 0.815. The van der Waals surface area contributed by atoms with Gasteiger partial charge in [-0.2, -0.15) is 0 Å². The average Bonchev–Trinajstić information content (AvgIpc) is 2.49. The van der Waals surface area contributed by atoms with Crippen LogP contribution in [-0.4, -0.2) is 35.2 Å². The summed E-state index contributed by atoms with van der Waals surface area (Å²) >= 11 is 0. The van der Waals surface area contributed by atoms with Crippen molar-refractivity contribution in [1.82, 2.24) is 4.90 Å². The highest BCUT2D eigenvalue weighted by Gasteiger charge is 2.35. The fraction of sp³-hybridized carbons (Fsp3) is 1.00. The van der Waals surface area contributed by atoms with Gasteiger partial charge in [0.2, 0.25) is 0 Å². The molecule has 20 heavy (non-hydrogen) atoms. The summed E-state index contributed by atoms with van der Waals surface area (Å²) < 4.78 is 0. The molecule has 0 aromatic heterocycles. The largest absolute Gasteiger partial charge is 0.391 e. The third-order valence-electron chi connectivity index (χ3n) is 6.08. The Morgan fingerprint density at radius 1 is 0.950 bits per heavy atom. The van der Waals surface area contributed by atoms with Crippen LogP contribution in [0.15, 0.2) is 0 Å². The maximum atomic E-state index is 10.4. The highest BCUT2D eigenvalue weighted by molar-refractivity contribution is 4.89. The molecule has 2 aliphatic rings. The Morgan fingerprint density at radius 3 is 2.20 bits per heavy atom. The van der Waals surface area contributed by atoms with Crippen LogP contribution in [0.3, 0.4) is 0 Å². The van der Waals surface area contributed by atoms with E-state index in [-0.39, 0.29) is 6.10 Å². The van der Waals surface area contributed by atoms with Gasteiger partial charge in [-0.1, -0.05) is 33.1 Å².